The van der Waals surface area contributed by atoms with E-state index in [-0.39, 0.29) is 5.69 Å². The van der Waals surface area contributed by atoms with Gasteiger partial charge in [0.15, 0.2) is 5.82 Å². The van der Waals surface area contributed by atoms with Crippen molar-refractivity contribution in [3.05, 3.63) is 53.6 Å². The summed E-state index contributed by atoms with van der Waals surface area (Å²) in [6.07, 6.45) is 3.64. The lowest BCUT2D eigenvalue weighted by atomic mass is 9.96. The van der Waals surface area contributed by atoms with Crippen LogP contribution in [0.25, 0.3) is 22.5 Å². The number of rotatable bonds is 4. The SMILES string of the molecule is Cn1cnnc1-c1cc(C#N)ccc1-c1cc(C(=O)O)nc(C2CC2)c1. The summed E-state index contributed by atoms with van der Waals surface area (Å²) in [5, 5.41) is 26.7. The normalized spacial score (nSPS) is 13.4. The summed E-state index contributed by atoms with van der Waals surface area (Å²) in [6, 6.07) is 10.9. The lowest BCUT2D eigenvalue weighted by Gasteiger charge is -2.12. The van der Waals surface area contributed by atoms with E-state index in [9.17, 15) is 15.2 Å². The zero-order valence-electron chi connectivity index (χ0n) is 14.0. The fraction of sp³-hybridized carbons (Fsp3) is 0.211. The minimum atomic E-state index is -1.05. The Kier molecular flexibility index (Phi) is 3.73. The minimum absolute atomic E-state index is 0.0256. The number of aromatic carboxylic acids is 1. The predicted octanol–water partition coefficient (Wildman–Crippen LogP) is 2.99. The van der Waals surface area contributed by atoms with Crippen molar-refractivity contribution in [2.45, 2.75) is 18.8 Å². The second kappa shape index (κ2) is 6.08. The molecule has 2 heterocycles. The van der Waals surface area contributed by atoms with Gasteiger partial charge in [0.05, 0.1) is 11.6 Å². The number of carboxylic acid groups (broad SMARTS) is 1. The number of hydrogen-bond donors (Lipinski definition) is 1. The summed E-state index contributed by atoms with van der Waals surface area (Å²) in [6.45, 7) is 0. The second-order valence-corrected chi connectivity index (χ2v) is 6.38. The number of carboxylic acids is 1. The lowest BCUT2D eigenvalue weighted by molar-refractivity contribution is 0.0690. The van der Waals surface area contributed by atoms with E-state index in [2.05, 4.69) is 21.3 Å². The van der Waals surface area contributed by atoms with Crippen LogP contribution in [0.4, 0.5) is 0 Å². The molecule has 1 aliphatic carbocycles. The molecule has 1 fully saturated rings. The molecule has 0 bridgehead atoms. The molecule has 1 aliphatic rings. The maximum absolute atomic E-state index is 11.5. The molecule has 7 nitrogen and oxygen atoms in total. The largest absolute Gasteiger partial charge is 0.477 e. The molecule has 4 rings (SSSR count). The molecule has 1 N–H and O–H groups in total. The predicted molar refractivity (Wildman–Crippen MR) is 93.3 cm³/mol. The van der Waals surface area contributed by atoms with Gasteiger partial charge in [0.1, 0.15) is 12.0 Å². The summed E-state index contributed by atoms with van der Waals surface area (Å²) >= 11 is 0. The average Bonchev–Trinajstić information content (AvgIpc) is 3.42. The molecule has 0 atom stereocenters. The highest BCUT2D eigenvalue weighted by molar-refractivity contribution is 5.89. The first-order valence-corrected chi connectivity index (χ1v) is 8.21. The van der Waals surface area contributed by atoms with Crippen molar-refractivity contribution in [2.24, 2.45) is 7.05 Å². The first kappa shape index (κ1) is 16.0. The van der Waals surface area contributed by atoms with Crippen molar-refractivity contribution in [1.29, 1.82) is 5.26 Å². The summed E-state index contributed by atoms with van der Waals surface area (Å²) in [5.41, 5.74) is 3.61. The van der Waals surface area contributed by atoms with Gasteiger partial charge >= 0.3 is 5.97 Å². The molecule has 3 aromatic rings. The third-order valence-electron chi connectivity index (χ3n) is 4.47. The molecule has 26 heavy (non-hydrogen) atoms. The molecule has 7 heteroatoms. The van der Waals surface area contributed by atoms with E-state index in [1.54, 1.807) is 29.1 Å². The Labute approximate surface area is 149 Å². The van der Waals surface area contributed by atoms with Crippen molar-refractivity contribution in [3.63, 3.8) is 0 Å². The summed E-state index contributed by atoms with van der Waals surface area (Å²) in [4.78, 5) is 15.8. The molecule has 2 aromatic heterocycles. The highest BCUT2D eigenvalue weighted by Crippen LogP contribution is 2.41. The zero-order valence-corrected chi connectivity index (χ0v) is 14.0. The van der Waals surface area contributed by atoms with Gasteiger partial charge in [-0.2, -0.15) is 5.26 Å². The third kappa shape index (κ3) is 2.82. The van der Waals surface area contributed by atoms with E-state index < -0.39 is 5.97 Å². The molecule has 1 aromatic carbocycles. The van der Waals surface area contributed by atoms with Gasteiger partial charge in [-0.25, -0.2) is 9.78 Å². The van der Waals surface area contributed by atoms with E-state index in [1.165, 1.54) is 0 Å². The molecular weight excluding hydrogens is 330 g/mol. The van der Waals surface area contributed by atoms with Crippen molar-refractivity contribution < 1.29 is 9.90 Å². The van der Waals surface area contributed by atoms with Crippen LogP contribution in [0.3, 0.4) is 0 Å². The van der Waals surface area contributed by atoms with Crippen LogP contribution in [0.5, 0.6) is 0 Å². The van der Waals surface area contributed by atoms with Gasteiger partial charge in [-0.3, -0.25) is 0 Å². The van der Waals surface area contributed by atoms with E-state index in [4.69, 9.17) is 0 Å². The molecule has 0 amide bonds. The Morgan fingerprint density at radius 2 is 2.08 bits per heavy atom. The Morgan fingerprint density at radius 3 is 2.69 bits per heavy atom. The molecule has 0 spiro atoms. The third-order valence-corrected chi connectivity index (χ3v) is 4.47. The number of benzene rings is 1. The highest BCUT2D eigenvalue weighted by Gasteiger charge is 2.27. The van der Waals surface area contributed by atoms with Crippen molar-refractivity contribution >= 4 is 5.97 Å². The molecule has 0 aliphatic heterocycles. The second-order valence-electron chi connectivity index (χ2n) is 6.38. The first-order chi connectivity index (χ1) is 12.6. The Morgan fingerprint density at radius 1 is 1.27 bits per heavy atom. The van der Waals surface area contributed by atoms with E-state index in [1.807, 2.05) is 19.2 Å². The topological polar surface area (TPSA) is 105 Å². The molecule has 128 valence electrons. The Balaban J connectivity index is 1.95. The van der Waals surface area contributed by atoms with Crippen LogP contribution in [0.1, 0.15) is 40.5 Å². The smallest absolute Gasteiger partial charge is 0.354 e. The van der Waals surface area contributed by atoms with Gasteiger partial charge in [-0.15, -0.1) is 10.2 Å². The van der Waals surface area contributed by atoms with Crippen LogP contribution in [0, 0.1) is 11.3 Å². The van der Waals surface area contributed by atoms with Crippen LogP contribution >= 0.6 is 0 Å². The fourth-order valence-corrected chi connectivity index (χ4v) is 2.98. The molecule has 1 saturated carbocycles. The van der Waals surface area contributed by atoms with Gasteiger partial charge in [0.2, 0.25) is 0 Å². The van der Waals surface area contributed by atoms with Crippen LogP contribution in [-0.4, -0.2) is 30.8 Å². The number of nitrogens with zero attached hydrogens (tertiary/aromatic N) is 5. The number of aryl methyl sites for hydroxylation is 1. The van der Waals surface area contributed by atoms with Crippen molar-refractivity contribution in [2.75, 3.05) is 0 Å². The number of aromatic nitrogens is 4. The van der Waals surface area contributed by atoms with Gasteiger partial charge in [-0.05, 0) is 48.2 Å². The lowest BCUT2D eigenvalue weighted by Crippen LogP contribution is -2.04. The minimum Gasteiger partial charge on any atom is -0.477 e. The van der Waals surface area contributed by atoms with Crippen LogP contribution < -0.4 is 0 Å². The van der Waals surface area contributed by atoms with Crippen molar-refractivity contribution in [3.8, 4) is 28.6 Å². The van der Waals surface area contributed by atoms with Crippen LogP contribution in [0.2, 0.25) is 0 Å². The highest BCUT2D eigenvalue weighted by atomic mass is 16.4. The quantitative estimate of drug-likeness (QED) is 0.779. The van der Waals surface area contributed by atoms with Gasteiger partial charge in [-0.1, -0.05) is 6.07 Å². The van der Waals surface area contributed by atoms with E-state index in [0.29, 0.717) is 17.3 Å². The molecule has 0 radical (unpaired) electrons. The van der Waals surface area contributed by atoms with Gasteiger partial charge in [0, 0.05) is 24.2 Å². The standard InChI is InChI=1S/C19H15N5O2/c1-24-10-21-23-18(24)15-6-11(9-20)2-5-14(15)13-7-16(12-3-4-12)22-17(8-13)19(25)26/h2,5-8,10,12H,3-4H2,1H3,(H,25,26). The summed E-state index contributed by atoms with van der Waals surface area (Å²) < 4.78 is 1.76. The Hall–Kier alpha value is -3.53. The van der Waals surface area contributed by atoms with E-state index >= 15 is 0 Å². The molecular formula is C19H15N5O2. The van der Waals surface area contributed by atoms with E-state index in [0.717, 1.165) is 35.2 Å². The van der Waals surface area contributed by atoms with Crippen LogP contribution in [0.15, 0.2) is 36.7 Å². The van der Waals surface area contributed by atoms with Crippen LogP contribution in [-0.2, 0) is 7.05 Å². The number of nitriles is 1. The summed E-state index contributed by atoms with van der Waals surface area (Å²) in [5.74, 6) is -0.119. The fourth-order valence-electron chi connectivity index (χ4n) is 2.98. The maximum Gasteiger partial charge on any atom is 0.354 e. The number of hydrogen-bond acceptors (Lipinski definition) is 5. The first-order valence-electron chi connectivity index (χ1n) is 8.21. The molecule has 0 unspecified atom stereocenters. The van der Waals surface area contributed by atoms with Gasteiger partial charge in [0.25, 0.3) is 0 Å². The maximum atomic E-state index is 11.5. The van der Waals surface area contributed by atoms with Gasteiger partial charge < -0.3 is 9.67 Å². The summed E-state index contributed by atoms with van der Waals surface area (Å²) in [7, 11) is 1.82. The average molecular weight is 345 g/mol. The number of carbonyl (C=O) groups is 1. The Bertz CT molecular complexity index is 1060. The zero-order chi connectivity index (χ0) is 18.3. The monoisotopic (exact) mass is 345 g/mol. The van der Waals surface area contributed by atoms with Crippen molar-refractivity contribution in [1.82, 2.24) is 19.7 Å². The molecule has 0 saturated heterocycles. The number of pyridine rings is 1.